The van der Waals surface area contributed by atoms with Gasteiger partial charge in [-0.1, -0.05) is 24.3 Å². The summed E-state index contributed by atoms with van der Waals surface area (Å²) in [4.78, 5) is 10.4. The molecule has 0 aliphatic rings. The van der Waals surface area contributed by atoms with Gasteiger partial charge in [-0.2, -0.15) is 10.2 Å². The number of aromatic hydroxyl groups is 1. The van der Waals surface area contributed by atoms with E-state index in [1.54, 1.807) is 54.6 Å². The molecule has 2 rings (SSSR count). The van der Waals surface area contributed by atoms with E-state index >= 15 is 0 Å². The number of allylic oxidation sites excluding steroid dienone is 1. The normalized spacial score (nSPS) is 11.6. The summed E-state index contributed by atoms with van der Waals surface area (Å²) in [6, 6.07) is 13.2. The molecule has 0 aliphatic heterocycles. The first kappa shape index (κ1) is 15.1. The maximum atomic E-state index is 10.8. The minimum atomic E-state index is -0.437. The molecule has 0 spiro atoms. The van der Waals surface area contributed by atoms with Gasteiger partial charge in [0.25, 0.3) is 5.69 Å². The van der Waals surface area contributed by atoms with Crippen LogP contribution in [0.25, 0.3) is 6.08 Å². The predicted octanol–water partition coefficient (Wildman–Crippen LogP) is 3.42. The molecule has 2 aromatic rings. The monoisotopic (exact) mass is 295 g/mol. The fourth-order valence-corrected chi connectivity index (χ4v) is 1.71. The summed E-state index contributed by atoms with van der Waals surface area (Å²) in [6.07, 6.45) is 5.97. The van der Waals surface area contributed by atoms with Gasteiger partial charge in [-0.3, -0.25) is 10.1 Å². The fraction of sp³-hybridized carbons (Fsp3) is 0. The molecule has 0 radical (unpaired) electrons. The molecular formula is C16H13N3O3. The zero-order valence-corrected chi connectivity index (χ0v) is 11.5. The zero-order chi connectivity index (χ0) is 15.8. The number of phenols is 1. The first-order valence-electron chi connectivity index (χ1n) is 6.43. The number of nitrogens with zero attached hydrogens (tertiary/aromatic N) is 3. The number of nitro benzene ring substituents is 1. The summed E-state index contributed by atoms with van der Waals surface area (Å²) in [5.74, 6) is 0.122. The summed E-state index contributed by atoms with van der Waals surface area (Å²) < 4.78 is 0. The molecular weight excluding hydrogens is 282 g/mol. The number of hydrogen-bond donors (Lipinski definition) is 1. The zero-order valence-electron chi connectivity index (χ0n) is 11.5. The average Bonchev–Trinajstić information content (AvgIpc) is 2.52. The van der Waals surface area contributed by atoms with E-state index in [2.05, 4.69) is 10.2 Å². The molecule has 22 heavy (non-hydrogen) atoms. The van der Waals surface area contributed by atoms with Crippen LogP contribution in [0.5, 0.6) is 5.75 Å². The third-order valence-corrected chi connectivity index (χ3v) is 2.76. The van der Waals surface area contributed by atoms with E-state index in [0.717, 1.165) is 0 Å². The van der Waals surface area contributed by atoms with Gasteiger partial charge in [0, 0.05) is 17.8 Å². The number of hydrogen-bond acceptors (Lipinski definition) is 5. The van der Waals surface area contributed by atoms with E-state index in [1.807, 2.05) is 0 Å². The Morgan fingerprint density at radius 1 is 1.00 bits per heavy atom. The molecule has 0 heterocycles. The first-order valence-corrected chi connectivity index (χ1v) is 6.43. The van der Waals surface area contributed by atoms with Gasteiger partial charge in [0.2, 0.25) is 0 Å². The lowest BCUT2D eigenvalue weighted by Gasteiger charge is -1.95. The van der Waals surface area contributed by atoms with Gasteiger partial charge in [-0.15, -0.1) is 0 Å². The molecule has 0 atom stereocenters. The SMILES string of the molecule is O=[N+]([O-])c1ccccc1\C=C/C=N/N=C\c1ccccc1O. The van der Waals surface area contributed by atoms with Crippen molar-refractivity contribution in [1.29, 1.82) is 0 Å². The number of nitro groups is 1. The van der Waals surface area contributed by atoms with Crippen molar-refractivity contribution in [2.75, 3.05) is 0 Å². The summed E-state index contributed by atoms with van der Waals surface area (Å²) in [6.45, 7) is 0. The summed E-state index contributed by atoms with van der Waals surface area (Å²) in [5.41, 5.74) is 1.08. The Balaban J connectivity index is 2.01. The highest BCUT2D eigenvalue weighted by atomic mass is 16.6. The van der Waals surface area contributed by atoms with E-state index in [9.17, 15) is 15.2 Å². The Kier molecular flexibility index (Phi) is 5.15. The minimum Gasteiger partial charge on any atom is -0.507 e. The predicted molar refractivity (Wildman–Crippen MR) is 86.3 cm³/mol. The molecule has 0 fully saturated rings. The molecule has 0 aliphatic carbocycles. The van der Waals surface area contributed by atoms with Crippen LogP contribution in [0.1, 0.15) is 11.1 Å². The highest BCUT2D eigenvalue weighted by Crippen LogP contribution is 2.18. The largest absolute Gasteiger partial charge is 0.507 e. The summed E-state index contributed by atoms with van der Waals surface area (Å²) in [5, 5.41) is 27.9. The summed E-state index contributed by atoms with van der Waals surface area (Å²) in [7, 11) is 0. The van der Waals surface area contributed by atoms with Crippen LogP contribution in [0, 0.1) is 10.1 Å². The van der Waals surface area contributed by atoms with Gasteiger partial charge in [0.15, 0.2) is 0 Å². The van der Waals surface area contributed by atoms with E-state index in [0.29, 0.717) is 11.1 Å². The van der Waals surface area contributed by atoms with Gasteiger partial charge in [0.1, 0.15) is 5.75 Å². The molecule has 0 saturated heterocycles. The topological polar surface area (TPSA) is 88.1 Å². The highest BCUT2D eigenvalue weighted by Gasteiger charge is 2.08. The van der Waals surface area contributed by atoms with Crippen molar-refractivity contribution in [3.8, 4) is 5.75 Å². The van der Waals surface area contributed by atoms with E-state index in [4.69, 9.17) is 0 Å². The second kappa shape index (κ2) is 7.49. The lowest BCUT2D eigenvalue weighted by atomic mass is 10.2. The standard InChI is InChI=1S/C16H13N3O3/c20-16-10-4-2-7-14(16)12-18-17-11-5-8-13-6-1-3-9-15(13)19(21)22/h1-12,20H/b8-5-,17-11+,18-12-. The lowest BCUT2D eigenvalue weighted by molar-refractivity contribution is -0.385. The van der Waals surface area contributed by atoms with Gasteiger partial charge in [-0.05, 0) is 30.4 Å². The van der Waals surface area contributed by atoms with Crippen LogP contribution in [0.4, 0.5) is 5.69 Å². The number of phenolic OH excluding ortho intramolecular Hbond substituents is 1. The van der Waals surface area contributed by atoms with E-state index in [-0.39, 0.29) is 11.4 Å². The van der Waals surface area contributed by atoms with Crippen molar-refractivity contribution in [1.82, 2.24) is 0 Å². The van der Waals surface area contributed by atoms with Crippen molar-refractivity contribution in [2.45, 2.75) is 0 Å². The third-order valence-electron chi connectivity index (χ3n) is 2.76. The first-order chi connectivity index (χ1) is 10.7. The molecule has 110 valence electrons. The van der Waals surface area contributed by atoms with Crippen LogP contribution in [-0.4, -0.2) is 22.5 Å². The van der Waals surface area contributed by atoms with Crippen LogP contribution >= 0.6 is 0 Å². The van der Waals surface area contributed by atoms with E-state index < -0.39 is 4.92 Å². The number of para-hydroxylation sites is 2. The number of benzene rings is 2. The van der Waals surface area contributed by atoms with Crippen LogP contribution in [-0.2, 0) is 0 Å². The van der Waals surface area contributed by atoms with Crippen molar-refractivity contribution >= 4 is 24.2 Å². The Bertz CT molecular complexity index is 752. The maximum Gasteiger partial charge on any atom is 0.276 e. The minimum absolute atomic E-state index is 0.0323. The Labute approximate surface area is 126 Å². The van der Waals surface area contributed by atoms with Crippen LogP contribution < -0.4 is 0 Å². The van der Waals surface area contributed by atoms with Gasteiger partial charge in [0.05, 0.1) is 16.7 Å². The second-order valence-electron chi connectivity index (χ2n) is 4.24. The van der Waals surface area contributed by atoms with Crippen LogP contribution in [0.3, 0.4) is 0 Å². The van der Waals surface area contributed by atoms with Crippen molar-refractivity contribution < 1.29 is 10.0 Å². The van der Waals surface area contributed by atoms with Crippen LogP contribution in [0.2, 0.25) is 0 Å². The third kappa shape index (κ3) is 4.11. The second-order valence-corrected chi connectivity index (χ2v) is 4.24. The van der Waals surface area contributed by atoms with Gasteiger partial charge in [-0.25, -0.2) is 0 Å². The van der Waals surface area contributed by atoms with Crippen molar-refractivity contribution in [3.63, 3.8) is 0 Å². The summed E-state index contributed by atoms with van der Waals surface area (Å²) >= 11 is 0. The lowest BCUT2D eigenvalue weighted by Crippen LogP contribution is -1.90. The molecule has 0 saturated carbocycles. The fourth-order valence-electron chi connectivity index (χ4n) is 1.71. The van der Waals surface area contributed by atoms with Crippen molar-refractivity contribution in [2.24, 2.45) is 10.2 Å². The molecule has 1 N–H and O–H groups in total. The van der Waals surface area contributed by atoms with Gasteiger partial charge >= 0.3 is 0 Å². The smallest absolute Gasteiger partial charge is 0.276 e. The Hall–Kier alpha value is -3.28. The van der Waals surface area contributed by atoms with E-state index in [1.165, 1.54) is 18.5 Å². The Morgan fingerprint density at radius 3 is 2.41 bits per heavy atom. The molecule has 2 aromatic carbocycles. The molecule has 0 amide bonds. The molecule has 0 aromatic heterocycles. The molecule has 0 unspecified atom stereocenters. The average molecular weight is 295 g/mol. The molecule has 6 nitrogen and oxygen atoms in total. The quantitative estimate of drug-likeness (QED) is 0.520. The molecule has 6 heteroatoms. The molecule has 0 bridgehead atoms. The van der Waals surface area contributed by atoms with Crippen molar-refractivity contribution in [3.05, 3.63) is 75.8 Å². The van der Waals surface area contributed by atoms with Crippen LogP contribution in [0.15, 0.2) is 64.8 Å². The maximum absolute atomic E-state index is 10.8. The Morgan fingerprint density at radius 2 is 1.68 bits per heavy atom. The highest BCUT2D eigenvalue weighted by molar-refractivity contribution is 5.84. The number of rotatable bonds is 5. The van der Waals surface area contributed by atoms with Gasteiger partial charge < -0.3 is 5.11 Å².